The Morgan fingerprint density at radius 3 is 2.60 bits per heavy atom. The Balaban J connectivity index is 1.61. The van der Waals surface area contributed by atoms with Crippen LogP contribution in [0.4, 0.5) is 5.69 Å². The van der Waals surface area contributed by atoms with Crippen LogP contribution in [0.5, 0.6) is 0 Å². The predicted molar refractivity (Wildman–Crippen MR) is 131 cm³/mol. The van der Waals surface area contributed by atoms with Gasteiger partial charge in [-0.25, -0.2) is 4.79 Å². The maximum atomic E-state index is 13.2. The fourth-order valence-electron chi connectivity index (χ4n) is 3.89. The van der Waals surface area contributed by atoms with Gasteiger partial charge in [0.2, 0.25) is 0 Å². The average molecular weight is 468 g/mol. The van der Waals surface area contributed by atoms with Gasteiger partial charge in [0.05, 0.1) is 35.5 Å². The maximum Gasteiger partial charge on any atom is 0.345 e. The standard InChI is InChI=1S/C26H20N4O5/c1-16-20(25(33)30(27-16)19-8-3-2-4-9-19)14-18-15-29(12-11-23(31)32)28-24(18)21-13-17-7-5-6-10-22(17)35-26(21)34/h2-10,13-15H,11-12H2,1H3,(H,31,32)/b20-14-. The van der Waals surface area contributed by atoms with Crippen LogP contribution in [0.2, 0.25) is 0 Å². The highest BCUT2D eigenvalue weighted by Gasteiger charge is 2.29. The molecule has 1 N–H and O–H groups in total. The molecule has 1 aliphatic heterocycles. The van der Waals surface area contributed by atoms with Crippen molar-refractivity contribution < 1.29 is 19.1 Å². The van der Waals surface area contributed by atoms with Gasteiger partial charge in [0.15, 0.2) is 0 Å². The van der Waals surface area contributed by atoms with Crippen molar-refractivity contribution in [2.45, 2.75) is 19.9 Å². The first kappa shape index (κ1) is 22.0. The van der Waals surface area contributed by atoms with Crippen LogP contribution in [0.3, 0.4) is 0 Å². The molecule has 0 saturated heterocycles. The Morgan fingerprint density at radius 2 is 1.83 bits per heavy atom. The molecule has 0 unspecified atom stereocenters. The minimum Gasteiger partial charge on any atom is -0.481 e. The van der Waals surface area contributed by atoms with E-state index in [1.807, 2.05) is 30.3 Å². The Kier molecular flexibility index (Phi) is 5.58. The number of carboxylic acids is 1. The van der Waals surface area contributed by atoms with Gasteiger partial charge < -0.3 is 9.52 Å². The highest BCUT2D eigenvalue weighted by atomic mass is 16.4. The number of carboxylic acid groups (broad SMARTS) is 1. The van der Waals surface area contributed by atoms with E-state index in [2.05, 4.69) is 10.2 Å². The summed E-state index contributed by atoms with van der Waals surface area (Å²) in [5, 5.41) is 20.0. The van der Waals surface area contributed by atoms with Crippen molar-refractivity contribution in [3.63, 3.8) is 0 Å². The topological polar surface area (TPSA) is 118 Å². The molecule has 0 atom stereocenters. The average Bonchev–Trinajstić information content (AvgIpc) is 3.38. The van der Waals surface area contributed by atoms with Gasteiger partial charge in [-0.1, -0.05) is 36.4 Å². The van der Waals surface area contributed by atoms with Crippen LogP contribution in [-0.2, 0) is 16.1 Å². The molecule has 2 aromatic carbocycles. The number of carbonyl (C=O) groups is 2. The number of hydrogen-bond donors (Lipinski definition) is 1. The van der Waals surface area contributed by atoms with Gasteiger partial charge >= 0.3 is 11.6 Å². The highest BCUT2D eigenvalue weighted by Crippen LogP contribution is 2.29. The zero-order valence-corrected chi connectivity index (χ0v) is 18.7. The molecule has 1 aliphatic rings. The van der Waals surface area contributed by atoms with Crippen molar-refractivity contribution in [3.05, 3.63) is 88.4 Å². The maximum absolute atomic E-state index is 13.2. The fraction of sp³-hybridized carbons (Fsp3) is 0.115. The predicted octanol–water partition coefficient (Wildman–Crippen LogP) is 3.94. The van der Waals surface area contributed by atoms with Crippen LogP contribution in [0.25, 0.3) is 28.3 Å². The molecule has 9 heteroatoms. The fourth-order valence-corrected chi connectivity index (χ4v) is 3.89. The van der Waals surface area contributed by atoms with Gasteiger partial charge in [0.1, 0.15) is 11.3 Å². The highest BCUT2D eigenvalue weighted by molar-refractivity contribution is 6.32. The van der Waals surface area contributed by atoms with Crippen molar-refractivity contribution >= 4 is 40.3 Å². The number of amides is 1. The zero-order chi connectivity index (χ0) is 24.5. The molecule has 5 rings (SSSR count). The van der Waals surface area contributed by atoms with E-state index in [-0.39, 0.29) is 24.4 Å². The van der Waals surface area contributed by atoms with Gasteiger partial charge in [-0.05, 0) is 37.3 Å². The second kappa shape index (κ2) is 8.86. The lowest BCUT2D eigenvalue weighted by atomic mass is 10.0. The lowest BCUT2D eigenvalue weighted by Crippen LogP contribution is -2.21. The Bertz CT molecular complexity index is 1580. The van der Waals surface area contributed by atoms with Gasteiger partial charge in [-0.15, -0.1) is 0 Å². The summed E-state index contributed by atoms with van der Waals surface area (Å²) in [4.78, 5) is 37.1. The first-order valence-electron chi connectivity index (χ1n) is 10.9. The SMILES string of the molecule is CC1=NN(c2ccccc2)C(=O)/C1=C\c1cn(CCC(=O)O)nc1-c1cc2ccccc2oc1=O. The van der Waals surface area contributed by atoms with Crippen LogP contribution in [0.15, 0.2) is 86.7 Å². The first-order chi connectivity index (χ1) is 16.9. The molecule has 0 saturated carbocycles. The minimum absolute atomic E-state index is 0.0988. The van der Waals surface area contributed by atoms with Crippen molar-refractivity contribution in [1.29, 1.82) is 0 Å². The summed E-state index contributed by atoms with van der Waals surface area (Å²) in [6, 6.07) is 17.9. The van der Waals surface area contributed by atoms with Crippen LogP contribution in [0, 0.1) is 0 Å². The van der Waals surface area contributed by atoms with Crippen LogP contribution < -0.4 is 10.6 Å². The Labute approximate surface area is 199 Å². The van der Waals surface area contributed by atoms with E-state index in [0.717, 1.165) is 0 Å². The number of aryl methyl sites for hydroxylation is 1. The molecule has 0 bridgehead atoms. The largest absolute Gasteiger partial charge is 0.481 e. The lowest BCUT2D eigenvalue weighted by molar-refractivity contribution is -0.137. The Hall–Kier alpha value is -4.79. The molecule has 174 valence electrons. The van der Waals surface area contributed by atoms with Crippen LogP contribution in [-0.4, -0.2) is 32.5 Å². The number of benzene rings is 2. The molecular formula is C26H20N4O5. The molecular weight excluding hydrogens is 448 g/mol. The minimum atomic E-state index is -0.973. The summed E-state index contributed by atoms with van der Waals surface area (Å²) < 4.78 is 6.93. The molecule has 0 fully saturated rings. The van der Waals surface area contributed by atoms with E-state index in [1.165, 1.54) is 9.69 Å². The van der Waals surface area contributed by atoms with E-state index in [1.54, 1.807) is 49.5 Å². The van der Waals surface area contributed by atoms with Crippen molar-refractivity contribution in [2.24, 2.45) is 5.10 Å². The molecule has 35 heavy (non-hydrogen) atoms. The molecule has 3 heterocycles. The van der Waals surface area contributed by atoms with E-state index in [0.29, 0.717) is 39.2 Å². The number of anilines is 1. The molecule has 9 nitrogen and oxygen atoms in total. The number of aliphatic carboxylic acids is 1. The normalized spacial score (nSPS) is 14.7. The van der Waals surface area contributed by atoms with Gasteiger partial charge in [-0.2, -0.15) is 15.2 Å². The molecule has 0 aliphatic carbocycles. The number of para-hydroxylation sites is 2. The third kappa shape index (κ3) is 4.26. The summed E-state index contributed by atoms with van der Waals surface area (Å²) in [6.07, 6.45) is 3.09. The number of rotatable bonds is 6. The second-order valence-corrected chi connectivity index (χ2v) is 8.02. The molecule has 1 amide bonds. The van der Waals surface area contributed by atoms with Crippen molar-refractivity contribution in [1.82, 2.24) is 9.78 Å². The smallest absolute Gasteiger partial charge is 0.345 e. The van der Waals surface area contributed by atoms with E-state index in [4.69, 9.17) is 9.52 Å². The van der Waals surface area contributed by atoms with Crippen molar-refractivity contribution in [3.8, 4) is 11.3 Å². The lowest BCUT2D eigenvalue weighted by Gasteiger charge is -2.11. The number of nitrogens with zero attached hydrogens (tertiary/aromatic N) is 4. The molecule has 2 aromatic heterocycles. The molecule has 0 spiro atoms. The number of aromatic nitrogens is 2. The van der Waals surface area contributed by atoms with E-state index >= 15 is 0 Å². The van der Waals surface area contributed by atoms with Crippen molar-refractivity contribution in [2.75, 3.05) is 5.01 Å². The number of fused-ring (bicyclic) bond motifs is 1. The molecule has 0 radical (unpaired) electrons. The third-order valence-corrected chi connectivity index (χ3v) is 5.60. The monoisotopic (exact) mass is 468 g/mol. The number of hydrogen-bond acceptors (Lipinski definition) is 6. The van der Waals surface area contributed by atoms with Crippen LogP contribution >= 0.6 is 0 Å². The summed E-state index contributed by atoms with van der Waals surface area (Å²) in [7, 11) is 0. The quantitative estimate of drug-likeness (QED) is 0.338. The van der Waals surface area contributed by atoms with E-state index < -0.39 is 11.6 Å². The third-order valence-electron chi connectivity index (χ3n) is 5.60. The second-order valence-electron chi connectivity index (χ2n) is 8.02. The van der Waals surface area contributed by atoms with E-state index in [9.17, 15) is 14.4 Å². The zero-order valence-electron chi connectivity index (χ0n) is 18.7. The Morgan fingerprint density at radius 1 is 1.09 bits per heavy atom. The summed E-state index contributed by atoms with van der Waals surface area (Å²) in [5.41, 5.74) is 2.33. The first-order valence-corrected chi connectivity index (χ1v) is 10.9. The summed E-state index contributed by atoms with van der Waals surface area (Å²) in [5.74, 6) is -1.29. The number of hydrazone groups is 1. The molecule has 4 aromatic rings. The van der Waals surface area contributed by atoms with Crippen LogP contribution in [0.1, 0.15) is 18.9 Å². The van der Waals surface area contributed by atoms with Gasteiger partial charge in [0.25, 0.3) is 5.91 Å². The van der Waals surface area contributed by atoms with Gasteiger partial charge in [-0.3, -0.25) is 14.3 Å². The van der Waals surface area contributed by atoms with Gasteiger partial charge in [0, 0.05) is 17.1 Å². The summed E-state index contributed by atoms with van der Waals surface area (Å²) >= 11 is 0. The summed E-state index contributed by atoms with van der Waals surface area (Å²) in [6.45, 7) is 1.83. The number of carbonyl (C=O) groups excluding carboxylic acids is 1.